The van der Waals surface area contributed by atoms with Gasteiger partial charge in [-0.1, -0.05) is 19.9 Å². The molecule has 1 aromatic carbocycles. The number of nitrogens with one attached hydrogen (secondary N) is 1. The maximum atomic E-state index is 5.78. The summed E-state index contributed by atoms with van der Waals surface area (Å²) in [4.78, 5) is 0. The summed E-state index contributed by atoms with van der Waals surface area (Å²) >= 11 is 0. The molecule has 1 fully saturated rings. The molecule has 2 heteroatoms. The Morgan fingerprint density at radius 3 is 2.44 bits per heavy atom. The molecule has 0 aliphatic heterocycles. The van der Waals surface area contributed by atoms with E-state index in [2.05, 4.69) is 25.2 Å². The lowest BCUT2D eigenvalue weighted by Gasteiger charge is -2.32. The van der Waals surface area contributed by atoms with Gasteiger partial charge in [0.2, 0.25) is 0 Å². The first-order valence-electron chi connectivity index (χ1n) is 6.25. The fourth-order valence-corrected chi connectivity index (χ4v) is 2.93. The van der Waals surface area contributed by atoms with Gasteiger partial charge < -0.3 is 11.1 Å². The molecule has 0 heterocycles. The van der Waals surface area contributed by atoms with Crippen molar-refractivity contribution in [2.24, 2.45) is 11.8 Å². The van der Waals surface area contributed by atoms with Crippen LogP contribution in [0.25, 0.3) is 0 Å². The summed E-state index contributed by atoms with van der Waals surface area (Å²) in [6.45, 7) is 4.70. The summed E-state index contributed by atoms with van der Waals surface area (Å²) in [7, 11) is 0. The second-order valence-corrected chi connectivity index (χ2v) is 5.38. The lowest BCUT2D eigenvalue weighted by atomic mass is 9.80. The van der Waals surface area contributed by atoms with Gasteiger partial charge in [0.15, 0.2) is 0 Å². The predicted molar refractivity (Wildman–Crippen MR) is 70.4 cm³/mol. The van der Waals surface area contributed by atoms with Crippen molar-refractivity contribution in [1.82, 2.24) is 0 Å². The van der Waals surface area contributed by atoms with Crippen LogP contribution in [0.4, 0.5) is 11.4 Å². The lowest BCUT2D eigenvalue weighted by Crippen LogP contribution is -2.30. The molecule has 1 saturated carbocycles. The van der Waals surface area contributed by atoms with E-state index in [0.717, 1.165) is 23.2 Å². The van der Waals surface area contributed by atoms with Crippen LogP contribution < -0.4 is 11.1 Å². The number of benzene rings is 1. The van der Waals surface area contributed by atoms with Crippen molar-refractivity contribution in [3.8, 4) is 0 Å². The predicted octanol–water partition coefficient (Wildman–Crippen LogP) is 3.51. The quantitative estimate of drug-likeness (QED) is 0.745. The molecule has 0 saturated heterocycles. The summed E-state index contributed by atoms with van der Waals surface area (Å²) in [6, 6.07) is 8.66. The summed E-state index contributed by atoms with van der Waals surface area (Å²) in [5, 5.41) is 3.60. The van der Waals surface area contributed by atoms with Gasteiger partial charge in [0.25, 0.3) is 0 Å². The smallest absolute Gasteiger partial charge is 0.0362 e. The highest BCUT2D eigenvalue weighted by Gasteiger charge is 2.23. The minimum atomic E-state index is 0.612. The molecular weight excluding hydrogens is 196 g/mol. The van der Waals surface area contributed by atoms with Gasteiger partial charge in [-0.15, -0.1) is 0 Å². The fraction of sp³-hybridized carbons (Fsp3) is 0.571. The van der Waals surface area contributed by atoms with Crippen LogP contribution in [0.3, 0.4) is 0 Å². The summed E-state index contributed by atoms with van der Waals surface area (Å²) in [5.74, 6) is 1.67. The number of nitrogen functional groups attached to an aromatic ring is 1. The molecule has 3 N–H and O–H groups in total. The molecule has 0 bridgehead atoms. The van der Waals surface area contributed by atoms with Gasteiger partial charge in [-0.2, -0.15) is 0 Å². The first-order chi connectivity index (χ1) is 7.63. The third-order valence-corrected chi connectivity index (χ3v) is 3.44. The van der Waals surface area contributed by atoms with Gasteiger partial charge in [0, 0.05) is 17.4 Å². The van der Waals surface area contributed by atoms with Crippen LogP contribution in [0.5, 0.6) is 0 Å². The van der Waals surface area contributed by atoms with Gasteiger partial charge in [0.1, 0.15) is 0 Å². The van der Waals surface area contributed by atoms with Crippen molar-refractivity contribution < 1.29 is 0 Å². The number of hydrogen-bond acceptors (Lipinski definition) is 2. The van der Waals surface area contributed by atoms with E-state index in [1.54, 1.807) is 0 Å². The molecule has 0 spiro atoms. The van der Waals surface area contributed by atoms with Crippen molar-refractivity contribution in [3.05, 3.63) is 24.3 Å². The minimum Gasteiger partial charge on any atom is -0.399 e. The normalized spacial score (nSPS) is 30.0. The number of nitrogens with two attached hydrogens (primary N) is 1. The molecule has 2 nitrogen and oxygen atoms in total. The van der Waals surface area contributed by atoms with Crippen LogP contribution in [0.2, 0.25) is 0 Å². The SMILES string of the molecule is CC1CC(C)CC(Nc2cccc(N)c2)C1. The molecule has 2 unspecified atom stereocenters. The third-order valence-electron chi connectivity index (χ3n) is 3.44. The molecular formula is C14H22N2. The Hall–Kier alpha value is -1.18. The monoisotopic (exact) mass is 218 g/mol. The Morgan fingerprint density at radius 2 is 1.81 bits per heavy atom. The molecule has 1 aliphatic rings. The van der Waals surface area contributed by atoms with E-state index >= 15 is 0 Å². The van der Waals surface area contributed by atoms with Crippen LogP contribution in [-0.4, -0.2) is 6.04 Å². The van der Waals surface area contributed by atoms with Crippen LogP contribution in [0.1, 0.15) is 33.1 Å². The second kappa shape index (κ2) is 4.77. The number of hydrogen-bond donors (Lipinski definition) is 2. The zero-order valence-electron chi connectivity index (χ0n) is 10.2. The van der Waals surface area contributed by atoms with Crippen molar-refractivity contribution in [1.29, 1.82) is 0 Å². The highest BCUT2D eigenvalue weighted by atomic mass is 14.9. The van der Waals surface area contributed by atoms with E-state index in [1.165, 1.54) is 19.3 Å². The van der Waals surface area contributed by atoms with Crippen LogP contribution in [-0.2, 0) is 0 Å². The second-order valence-electron chi connectivity index (χ2n) is 5.38. The van der Waals surface area contributed by atoms with Crippen molar-refractivity contribution in [2.45, 2.75) is 39.2 Å². The molecule has 16 heavy (non-hydrogen) atoms. The highest BCUT2D eigenvalue weighted by Crippen LogP contribution is 2.30. The van der Waals surface area contributed by atoms with Gasteiger partial charge in [-0.05, 0) is 49.3 Å². The molecule has 1 aliphatic carbocycles. The van der Waals surface area contributed by atoms with Crippen molar-refractivity contribution in [3.63, 3.8) is 0 Å². The molecule has 0 amide bonds. The first kappa shape index (κ1) is 11.3. The van der Waals surface area contributed by atoms with Crippen molar-refractivity contribution >= 4 is 11.4 Å². The molecule has 0 radical (unpaired) electrons. The van der Waals surface area contributed by atoms with E-state index in [1.807, 2.05) is 18.2 Å². The molecule has 88 valence electrons. The van der Waals surface area contributed by atoms with E-state index in [9.17, 15) is 0 Å². The Bertz CT molecular complexity index is 338. The van der Waals surface area contributed by atoms with Crippen molar-refractivity contribution in [2.75, 3.05) is 11.1 Å². The largest absolute Gasteiger partial charge is 0.399 e. The summed E-state index contributed by atoms with van der Waals surface area (Å²) in [5.41, 5.74) is 7.77. The van der Waals surface area contributed by atoms with E-state index < -0.39 is 0 Å². The maximum absolute atomic E-state index is 5.78. The topological polar surface area (TPSA) is 38.0 Å². The molecule has 2 rings (SSSR count). The standard InChI is InChI=1S/C14H22N2/c1-10-6-11(2)8-14(7-10)16-13-5-3-4-12(15)9-13/h3-5,9-11,14,16H,6-8,15H2,1-2H3. The minimum absolute atomic E-state index is 0.612. The Morgan fingerprint density at radius 1 is 1.12 bits per heavy atom. The Balaban J connectivity index is 1.98. The lowest BCUT2D eigenvalue weighted by molar-refractivity contribution is 0.281. The van der Waals surface area contributed by atoms with Crippen LogP contribution in [0, 0.1) is 11.8 Å². The zero-order valence-corrected chi connectivity index (χ0v) is 10.2. The molecule has 1 aromatic rings. The van der Waals surface area contributed by atoms with E-state index in [4.69, 9.17) is 5.73 Å². The van der Waals surface area contributed by atoms with Crippen LogP contribution in [0.15, 0.2) is 24.3 Å². The van der Waals surface area contributed by atoms with Gasteiger partial charge >= 0.3 is 0 Å². The average Bonchev–Trinajstić information content (AvgIpc) is 2.15. The highest BCUT2D eigenvalue weighted by molar-refractivity contribution is 5.54. The maximum Gasteiger partial charge on any atom is 0.0362 e. The third kappa shape index (κ3) is 2.91. The van der Waals surface area contributed by atoms with E-state index in [-0.39, 0.29) is 0 Å². The van der Waals surface area contributed by atoms with Crippen LogP contribution >= 0.6 is 0 Å². The van der Waals surface area contributed by atoms with Gasteiger partial charge in [-0.25, -0.2) is 0 Å². The van der Waals surface area contributed by atoms with E-state index in [0.29, 0.717) is 6.04 Å². The van der Waals surface area contributed by atoms with Gasteiger partial charge in [-0.3, -0.25) is 0 Å². The first-order valence-corrected chi connectivity index (χ1v) is 6.25. The van der Waals surface area contributed by atoms with Gasteiger partial charge in [0.05, 0.1) is 0 Å². The number of rotatable bonds is 2. The molecule has 2 atom stereocenters. The average molecular weight is 218 g/mol. The summed E-state index contributed by atoms with van der Waals surface area (Å²) < 4.78 is 0. The Labute approximate surface area is 98.2 Å². The Kier molecular flexibility index (Phi) is 3.37. The summed E-state index contributed by atoms with van der Waals surface area (Å²) in [6.07, 6.45) is 3.92. The fourth-order valence-electron chi connectivity index (χ4n) is 2.93. The zero-order chi connectivity index (χ0) is 11.5. The molecule has 0 aromatic heterocycles. The number of anilines is 2.